The van der Waals surface area contributed by atoms with Crippen LogP contribution in [0.1, 0.15) is 31.7 Å². The fraction of sp³-hybridized carbons (Fsp3) is 0.588. The lowest BCUT2D eigenvalue weighted by Crippen LogP contribution is -2.42. The van der Waals surface area contributed by atoms with Crippen LogP contribution in [0.25, 0.3) is 0 Å². The average molecular weight is 329 g/mol. The Balaban J connectivity index is 0.00000242. The summed E-state index contributed by atoms with van der Waals surface area (Å²) in [5.74, 6) is 0.222. The van der Waals surface area contributed by atoms with Gasteiger partial charge in [0.1, 0.15) is 5.82 Å². The Hall–Kier alpha value is -1.13. The number of rotatable bonds is 6. The third-order valence-electron chi connectivity index (χ3n) is 4.05. The van der Waals surface area contributed by atoms with Crippen LogP contribution < -0.4 is 5.32 Å². The molecule has 0 atom stereocenters. The number of carbonyl (C=O) groups excluding carboxylic acids is 1. The fourth-order valence-electron chi connectivity index (χ4n) is 2.89. The monoisotopic (exact) mass is 328 g/mol. The highest BCUT2D eigenvalue weighted by Crippen LogP contribution is 2.16. The van der Waals surface area contributed by atoms with Gasteiger partial charge in [0, 0.05) is 19.0 Å². The minimum atomic E-state index is -0.209. The van der Waals surface area contributed by atoms with Crippen molar-refractivity contribution in [3.8, 4) is 0 Å². The number of amides is 1. The van der Waals surface area contributed by atoms with Gasteiger partial charge < -0.3 is 10.2 Å². The van der Waals surface area contributed by atoms with Gasteiger partial charge in [-0.25, -0.2) is 4.39 Å². The van der Waals surface area contributed by atoms with Gasteiger partial charge in [-0.2, -0.15) is 0 Å². The van der Waals surface area contributed by atoms with E-state index >= 15 is 0 Å². The lowest BCUT2D eigenvalue weighted by molar-refractivity contribution is -0.136. The second-order valence-electron chi connectivity index (χ2n) is 5.73. The van der Waals surface area contributed by atoms with E-state index in [1.165, 1.54) is 6.07 Å². The summed E-state index contributed by atoms with van der Waals surface area (Å²) in [7, 11) is 0. The SMILES string of the molecule is CCCN(CCc1cccc(F)c1)C(=O)C1CCNCC1.Cl. The zero-order chi connectivity index (χ0) is 15.1. The van der Waals surface area contributed by atoms with Crippen LogP contribution in [-0.4, -0.2) is 37.0 Å². The Morgan fingerprint density at radius 2 is 2.05 bits per heavy atom. The van der Waals surface area contributed by atoms with Crippen molar-refractivity contribution < 1.29 is 9.18 Å². The molecule has 1 aromatic rings. The summed E-state index contributed by atoms with van der Waals surface area (Å²) in [6.07, 6.45) is 3.53. The Labute approximate surface area is 138 Å². The molecule has 1 aromatic carbocycles. The molecule has 1 heterocycles. The molecule has 1 saturated heterocycles. The molecule has 1 aliphatic rings. The maximum atomic E-state index is 13.2. The van der Waals surface area contributed by atoms with E-state index in [9.17, 15) is 9.18 Å². The maximum absolute atomic E-state index is 13.2. The summed E-state index contributed by atoms with van der Waals surface area (Å²) >= 11 is 0. The van der Waals surface area contributed by atoms with Crippen LogP contribution >= 0.6 is 12.4 Å². The van der Waals surface area contributed by atoms with E-state index < -0.39 is 0 Å². The first kappa shape index (κ1) is 18.9. The van der Waals surface area contributed by atoms with E-state index in [2.05, 4.69) is 12.2 Å². The van der Waals surface area contributed by atoms with E-state index in [1.807, 2.05) is 11.0 Å². The fourth-order valence-corrected chi connectivity index (χ4v) is 2.89. The normalized spacial score (nSPS) is 15.2. The Morgan fingerprint density at radius 3 is 2.68 bits per heavy atom. The van der Waals surface area contributed by atoms with Gasteiger partial charge in [0.25, 0.3) is 0 Å². The number of carbonyl (C=O) groups is 1. The lowest BCUT2D eigenvalue weighted by atomic mass is 9.96. The molecule has 0 saturated carbocycles. The van der Waals surface area contributed by atoms with E-state index in [0.29, 0.717) is 13.0 Å². The highest BCUT2D eigenvalue weighted by molar-refractivity contribution is 5.85. The van der Waals surface area contributed by atoms with Crippen molar-refractivity contribution in [1.82, 2.24) is 10.2 Å². The molecule has 0 aromatic heterocycles. The smallest absolute Gasteiger partial charge is 0.225 e. The average Bonchev–Trinajstić information content (AvgIpc) is 2.52. The summed E-state index contributed by atoms with van der Waals surface area (Å²) in [4.78, 5) is 14.6. The molecule has 1 fully saturated rings. The highest BCUT2D eigenvalue weighted by Gasteiger charge is 2.25. The molecule has 3 nitrogen and oxygen atoms in total. The summed E-state index contributed by atoms with van der Waals surface area (Å²) in [5, 5.41) is 3.29. The van der Waals surface area contributed by atoms with Gasteiger partial charge in [0.2, 0.25) is 5.91 Å². The number of hydrogen-bond donors (Lipinski definition) is 1. The first-order valence-corrected chi connectivity index (χ1v) is 7.94. The van der Waals surface area contributed by atoms with Crippen molar-refractivity contribution in [2.45, 2.75) is 32.6 Å². The van der Waals surface area contributed by atoms with Gasteiger partial charge in [-0.15, -0.1) is 12.4 Å². The minimum Gasteiger partial charge on any atom is -0.342 e. The standard InChI is InChI=1S/C17H25FN2O.ClH/c1-2-11-20(17(21)15-6-9-19-10-7-15)12-8-14-4-3-5-16(18)13-14;/h3-5,13,15,19H,2,6-12H2,1H3;1H. The van der Waals surface area contributed by atoms with Crippen molar-refractivity contribution in [3.63, 3.8) is 0 Å². The van der Waals surface area contributed by atoms with E-state index in [-0.39, 0.29) is 30.0 Å². The van der Waals surface area contributed by atoms with Crippen molar-refractivity contribution in [2.24, 2.45) is 5.92 Å². The Bertz CT molecular complexity index is 464. The first-order chi connectivity index (χ1) is 10.2. The molecular formula is C17H26ClFN2O. The van der Waals surface area contributed by atoms with Gasteiger partial charge in [-0.1, -0.05) is 19.1 Å². The van der Waals surface area contributed by atoms with Crippen LogP contribution in [0.5, 0.6) is 0 Å². The van der Waals surface area contributed by atoms with E-state index in [1.54, 1.807) is 12.1 Å². The van der Waals surface area contributed by atoms with Gasteiger partial charge in [-0.05, 0) is 56.5 Å². The van der Waals surface area contributed by atoms with Gasteiger partial charge in [-0.3, -0.25) is 4.79 Å². The summed E-state index contributed by atoms with van der Waals surface area (Å²) in [6, 6.07) is 6.65. The second kappa shape index (κ2) is 9.80. The Morgan fingerprint density at radius 1 is 1.32 bits per heavy atom. The largest absolute Gasteiger partial charge is 0.342 e. The quantitative estimate of drug-likeness (QED) is 0.870. The number of nitrogens with one attached hydrogen (secondary N) is 1. The number of halogens is 2. The number of benzene rings is 1. The molecule has 0 bridgehead atoms. The Kier molecular flexibility index (Phi) is 8.43. The summed E-state index contributed by atoms with van der Waals surface area (Å²) < 4.78 is 13.2. The van der Waals surface area contributed by atoms with Crippen molar-refractivity contribution >= 4 is 18.3 Å². The van der Waals surface area contributed by atoms with Crippen LogP contribution in [0.4, 0.5) is 4.39 Å². The van der Waals surface area contributed by atoms with Crippen molar-refractivity contribution in [2.75, 3.05) is 26.2 Å². The predicted molar refractivity (Wildman–Crippen MR) is 89.8 cm³/mol. The molecule has 1 aliphatic heterocycles. The van der Waals surface area contributed by atoms with Gasteiger partial charge in [0.05, 0.1) is 0 Å². The summed E-state index contributed by atoms with van der Waals surface area (Å²) in [5.41, 5.74) is 0.953. The van der Waals surface area contributed by atoms with Gasteiger partial charge >= 0.3 is 0 Å². The zero-order valence-electron chi connectivity index (χ0n) is 13.2. The van der Waals surface area contributed by atoms with E-state index in [4.69, 9.17) is 0 Å². The molecular weight excluding hydrogens is 303 g/mol. The molecule has 1 amide bonds. The summed E-state index contributed by atoms with van der Waals surface area (Å²) in [6.45, 7) is 5.42. The molecule has 0 radical (unpaired) electrons. The predicted octanol–water partition coefficient (Wildman–Crippen LogP) is 3.03. The maximum Gasteiger partial charge on any atom is 0.225 e. The van der Waals surface area contributed by atoms with Gasteiger partial charge in [0.15, 0.2) is 0 Å². The minimum absolute atomic E-state index is 0. The third kappa shape index (κ3) is 5.58. The molecule has 22 heavy (non-hydrogen) atoms. The van der Waals surface area contributed by atoms with Crippen LogP contribution in [0.15, 0.2) is 24.3 Å². The van der Waals surface area contributed by atoms with Crippen LogP contribution in [0, 0.1) is 11.7 Å². The molecule has 0 spiro atoms. The molecule has 1 N–H and O–H groups in total. The second-order valence-corrected chi connectivity index (χ2v) is 5.73. The molecule has 124 valence electrons. The van der Waals surface area contributed by atoms with E-state index in [0.717, 1.165) is 44.5 Å². The zero-order valence-corrected chi connectivity index (χ0v) is 14.0. The van der Waals surface area contributed by atoms with Crippen LogP contribution in [0.3, 0.4) is 0 Å². The molecule has 2 rings (SSSR count). The third-order valence-corrected chi connectivity index (χ3v) is 4.05. The molecule has 5 heteroatoms. The first-order valence-electron chi connectivity index (χ1n) is 7.94. The number of hydrogen-bond acceptors (Lipinski definition) is 2. The van der Waals surface area contributed by atoms with Crippen molar-refractivity contribution in [3.05, 3.63) is 35.6 Å². The topological polar surface area (TPSA) is 32.3 Å². The highest BCUT2D eigenvalue weighted by atomic mass is 35.5. The lowest BCUT2D eigenvalue weighted by Gasteiger charge is -2.29. The van der Waals surface area contributed by atoms with Crippen molar-refractivity contribution in [1.29, 1.82) is 0 Å². The molecule has 0 aliphatic carbocycles. The number of nitrogens with zero attached hydrogens (tertiary/aromatic N) is 1. The van der Waals surface area contributed by atoms with Crippen LogP contribution in [0.2, 0.25) is 0 Å². The number of piperidine rings is 1. The molecule has 0 unspecified atom stereocenters. The van der Waals surface area contributed by atoms with Crippen LogP contribution in [-0.2, 0) is 11.2 Å².